The van der Waals surface area contributed by atoms with Crippen LogP contribution >= 0.6 is 0 Å². The predicted molar refractivity (Wildman–Crippen MR) is 105 cm³/mol. The Hall–Kier alpha value is -1.70. The van der Waals surface area contributed by atoms with Gasteiger partial charge >= 0.3 is 0 Å². The molecule has 1 aromatic heterocycles. The summed E-state index contributed by atoms with van der Waals surface area (Å²) in [5.74, 6) is 0.970. The van der Waals surface area contributed by atoms with Gasteiger partial charge in [0.05, 0.1) is 6.20 Å². The lowest BCUT2D eigenvalue weighted by atomic mass is 10.0. The van der Waals surface area contributed by atoms with Crippen LogP contribution in [0.2, 0.25) is 0 Å². The zero-order valence-electron chi connectivity index (χ0n) is 16.3. The molecule has 27 heavy (non-hydrogen) atoms. The number of piperidine rings is 1. The molecule has 0 bridgehead atoms. The highest BCUT2D eigenvalue weighted by atomic mass is 32.2. The van der Waals surface area contributed by atoms with Gasteiger partial charge in [-0.1, -0.05) is 43.3 Å². The molecule has 1 aliphatic heterocycles. The third kappa shape index (κ3) is 5.40. The van der Waals surface area contributed by atoms with Crippen LogP contribution in [0.5, 0.6) is 0 Å². The van der Waals surface area contributed by atoms with E-state index in [4.69, 9.17) is 4.52 Å². The molecule has 1 fully saturated rings. The summed E-state index contributed by atoms with van der Waals surface area (Å²) in [5.41, 5.74) is 2.63. The first-order valence-electron chi connectivity index (χ1n) is 9.57. The zero-order chi connectivity index (χ0) is 19.4. The van der Waals surface area contributed by atoms with Gasteiger partial charge in [-0.3, -0.25) is 4.90 Å². The monoisotopic (exact) mass is 391 g/mol. The molecule has 1 atom stereocenters. The zero-order valence-corrected chi connectivity index (χ0v) is 17.1. The molecule has 2 heterocycles. The Balaban J connectivity index is 1.59. The number of aromatic nitrogens is 1. The molecule has 1 aliphatic rings. The van der Waals surface area contributed by atoms with Crippen molar-refractivity contribution in [2.75, 3.05) is 13.1 Å². The molecule has 0 saturated carbocycles. The molecule has 1 saturated heterocycles. The number of likely N-dealkylation sites (tertiary alicyclic amines) is 1. The van der Waals surface area contributed by atoms with Crippen LogP contribution in [0.25, 0.3) is 0 Å². The molecule has 148 valence electrons. The second kappa shape index (κ2) is 8.54. The van der Waals surface area contributed by atoms with Gasteiger partial charge in [0.15, 0.2) is 5.76 Å². The van der Waals surface area contributed by atoms with Gasteiger partial charge in [0, 0.05) is 19.1 Å². The van der Waals surface area contributed by atoms with Gasteiger partial charge < -0.3 is 4.52 Å². The van der Waals surface area contributed by atoms with Gasteiger partial charge in [0.25, 0.3) is 0 Å². The quantitative estimate of drug-likeness (QED) is 0.785. The minimum absolute atomic E-state index is 0.0988. The first-order chi connectivity index (χ1) is 12.8. The summed E-state index contributed by atoms with van der Waals surface area (Å²) >= 11 is 0. The summed E-state index contributed by atoms with van der Waals surface area (Å²) in [4.78, 5) is 2.44. The maximum Gasteiger partial charge on any atom is 0.245 e. The van der Waals surface area contributed by atoms with Crippen LogP contribution < -0.4 is 4.72 Å². The van der Waals surface area contributed by atoms with Crippen LogP contribution in [0.15, 0.2) is 39.9 Å². The highest BCUT2D eigenvalue weighted by Gasteiger charge is 2.27. The van der Waals surface area contributed by atoms with Crippen molar-refractivity contribution in [3.8, 4) is 0 Å². The average Bonchev–Trinajstić information content (AvgIpc) is 3.03. The molecule has 3 rings (SSSR count). The van der Waals surface area contributed by atoms with Crippen LogP contribution in [0.1, 0.15) is 43.6 Å². The highest BCUT2D eigenvalue weighted by molar-refractivity contribution is 7.89. The van der Waals surface area contributed by atoms with Gasteiger partial charge in [-0.15, -0.1) is 0 Å². The third-order valence-electron chi connectivity index (χ3n) is 4.90. The number of rotatable bonds is 7. The van der Waals surface area contributed by atoms with Gasteiger partial charge in [-0.05, 0) is 49.8 Å². The molecule has 2 aromatic rings. The van der Waals surface area contributed by atoms with Crippen molar-refractivity contribution in [3.63, 3.8) is 0 Å². The van der Waals surface area contributed by atoms with Crippen molar-refractivity contribution >= 4 is 10.0 Å². The molecule has 0 aliphatic carbocycles. The molecule has 1 N–H and O–H groups in total. The minimum atomic E-state index is -3.59. The van der Waals surface area contributed by atoms with Gasteiger partial charge in [0.1, 0.15) is 4.90 Å². The fraction of sp³-hybridized carbons (Fsp3) is 0.550. The standard InChI is InChI=1S/C20H29N3O3S/c1-15(2)11-17-6-8-18(9-7-17)13-23-10-4-5-19(14-23)22-27(24,25)20-12-21-26-16(20)3/h6-9,12,15,19,22H,4-5,10-11,13-14H2,1-3H3/t19-/m1/s1. The Morgan fingerprint density at radius 2 is 1.96 bits per heavy atom. The van der Waals surface area contributed by atoms with Crippen molar-refractivity contribution in [1.29, 1.82) is 0 Å². The molecular formula is C20H29N3O3S. The fourth-order valence-corrected chi connectivity index (χ4v) is 4.99. The molecule has 6 nitrogen and oxygen atoms in total. The Labute approximate surface area is 162 Å². The van der Waals surface area contributed by atoms with Crippen molar-refractivity contribution < 1.29 is 12.9 Å². The normalized spacial score (nSPS) is 18.9. The number of aryl methyl sites for hydroxylation is 1. The summed E-state index contributed by atoms with van der Waals surface area (Å²) in [6.45, 7) is 8.59. The first-order valence-corrected chi connectivity index (χ1v) is 11.1. The molecule has 0 radical (unpaired) electrons. The SMILES string of the molecule is Cc1oncc1S(=O)(=O)N[C@@H]1CCCN(Cc2ccc(CC(C)C)cc2)C1. The van der Waals surface area contributed by atoms with Gasteiger partial charge in [-0.2, -0.15) is 0 Å². The van der Waals surface area contributed by atoms with Gasteiger partial charge in [0.2, 0.25) is 10.0 Å². The van der Waals surface area contributed by atoms with Crippen molar-refractivity contribution in [3.05, 3.63) is 47.3 Å². The van der Waals surface area contributed by atoms with Gasteiger partial charge in [-0.25, -0.2) is 13.1 Å². The third-order valence-corrected chi connectivity index (χ3v) is 6.51. The number of nitrogens with one attached hydrogen (secondary N) is 1. The van der Waals surface area contributed by atoms with Crippen molar-refractivity contribution in [1.82, 2.24) is 14.8 Å². The summed E-state index contributed by atoms with van der Waals surface area (Å²) in [5, 5.41) is 3.57. The van der Waals surface area contributed by atoms with E-state index in [-0.39, 0.29) is 10.9 Å². The lowest BCUT2D eigenvalue weighted by Gasteiger charge is -2.33. The van der Waals surface area contributed by atoms with Crippen LogP contribution in [0.4, 0.5) is 0 Å². The van der Waals surface area contributed by atoms with E-state index in [0.29, 0.717) is 18.2 Å². The molecule has 0 spiro atoms. The largest absolute Gasteiger partial charge is 0.360 e. The second-order valence-corrected chi connectivity index (χ2v) is 9.54. The van der Waals surface area contributed by atoms with E-state index in [2.05, 4.69) is 52.9 Å². The topological polar surface area (TPSA) is 75.4 Å². The van der Waals surface area contributed by atoms with Crippen LogP contribution in [0, 0.1) is 12.8 Å². The molecule has 7 heteroatoms. The number of hydrogen-bond acceptors (Lipinski definition) is 5. The van der Waals surface area contributed by atoms with Crippen molar-refractivity contribution in [2.45, 2.75) is 57.5 Å². The van der Waals surface area contributed by atoms with Crippen LogP contribution in [0.3, 0.4) is 0 Å². The van der Waals surface area contributed by atoms with E-state index in [1.165, 1.54) is 17.3 Å². The Morgan fingerprint density at radius 3 is 2.59 bits per heavy atom. The van der Waals surface area contributed by atoms with E-state index >= 15 is 0 Å². The first kappa shape index (κ1) is 20.0. The van der Waals surface area contributed by atoms with E-state index in [9.17, 15) is 8.42 Å². The molecule has 0 amide bonds. The van der Waals surface area contributed by atoms with Crippen molar-refractivity contribution in [2.24, 2.45) is 5.92 Å². The Kier molecular flexibility index (Phi) is 6.34. The Bertz CT molecular complexity index is 844. The fourth-order valence-electron chi connectivity index (χ4n) is 3.64. The molecule has 1 aromatic carbocycles. The van der Waals surface area contributed by atoms with E-state index in [1.807, 2.05) is 0 Å². The molecular weight excluding hydrogens is 362 g/mol. The minimum Gasteiger partial charge on any atom is -0.360 e. The predicted octanol–water partition coefficient (Wildman–Crippen LogP) is 3.12. The molecule has 0 unspecified atom stereocenters. The number of nitrogens with zero attached hydrogens (tertiary/aromatic N) is 2. The van der Waals surface area contributed by atoms with E-state index in [0.717, 1.165) is 32.4 Å². The Morgan fingerprint density at radius 1 is 1.26 bits per heavy atom. The lowest BCUT2D eigenvalue weighted by Crippen LogP contribution is -2.47. The van der Waals surface area contributed by atoms with Crippen LogP contribution in [-0.2, 0) is 23.0 Å². The average molecular weight is 392 g/mol. The summed E-state index contributed by atoms with van der Waals surface area (Å²) in [6, 6.07) is 8.68. The van der Waals surface area contributed by atoms with E-state index in [1.54, 1.807) is 6.92 Å². The highest BCUT2D eigenvalue weighted by Crippen LogP contribution is 2.19. The maximum atomic E-state index is 12.5. The lowest BCUT2D eigenvalue weighted by molar-refractivity contribution is 0.194. The smallest absolute Gasteiger partial charge is 0.245 e. The second-order valence-electron chi connectivity index (χ2n) is 7.86. The summed E-state index contributed by atoms with van der Waals surface area (Å²) in [6.07, 6.45) is 4.17. The number of benzene rings is 1. The van der Waals surface area contributed by atoms with Crippen LogP contribution in [-0.4, -0.2) is 37.6 Å². The summed E-state index contributed by atoms with van der Waals surface area (Å²) in [7, 11) is -3.59. The summed E-state index contributed by atoms with van der Waals surface area (Å²) < 4.78 is 32.8. The number of sulfonamides is 1. The maximum absolute atomic E-state index is 12.5. The number of hydrogen-bond donors (Lipinski definition) is 1. The van der Waals surface area contributed by atoms with E-state index < -0.39 is 10.0 Å².